The van der Waals surface area contributed by atoms with Crippen LogP contribution in [-0.4, -0.2) is 5.78 Å². The van der Waals surface area contributed by atoms with Gasteiger partial charge in [0.05, 0.1) is 5.56 Å². The molecule has 3 heteroatoms. The monoisotopic (exact) mass is 226 g/mol. The van der Waals surface area contributed by atoms with E-state index in [-0.39, 0.29) is 16.9 Å². The lowest BCUT2D eigenvalue weighted by Crippen LogP contribution is -2.24. The van der Waals surface area contributed by atoms with Gasteiger partial charge in [-0.15, -0.1) is 0 Å². The molecule has 0 saturated heterocycles. The van der Waals surface area contributed by atoms with Crippen molar-refractivity contribution in [1.29, 1.82) is 0 Å². The van der Waals surface area contributed by atoms with Gasteiger partial charge in [-0.1, -0.05) is 20.8 Å². The first-order valence-electron chi connectivity index (χ1n) is 5.30. The zero-order valence-corrected chi connectivity index (χ0v) is 10.0. The molecule has 0 N–H and O–H groups in total. The van der Waals surface area contributed by atoms with Gasteiger partial charge in [0.2, 0.25) is 0 Å². The maximum atomic E-state index is 13.5. The lowest BCUT2D eigenvalue weighted by Gasteiger charge is -2.21. The van der Waals surface area contributed by atoms with E-state index in [1.54, 1.807) is 13.8 Å². The molecule has 0 radical (unpaired) electrons. The summed E-state index contributed by atoms with van der Waals surface area (Å²) in [5, 5.41) is 0. The van der Waals surface area contributed by atoms with Crippen LogP contribution in [0, 0.1) is 24.0 Å². The Morgan fingerprint density at radius 2 is 1.81 bits per heavy atom. The SMILES string of the molecule is CCC(C)(C)C(=O)c1cc(C)c(F)cc1F. The summed E-state index contributed by atoms with van der Waals surface area (Å²) in [6.07, 6.45) is 0.613. The number of carbonyl (C=O) groups excluding carboxylic acids is 1. The van der Waals surface area contributed by atoms with E-state index in [9.17, 15) is 13.6 Å². The van der Waals surface area contributed by atoms with E-state index in [0.717, 1.165) is 6.07 Å². The Bertz CT molecular complexity index is 422. The summed E-state index contributed by atoms with van der Waals surface area (Å²) in [5.41, 5.74) is -0.354. The summed E-state index contributed by atoms with van der Waals surface area (Å²) >= 11 is 0. The van der Waals surface area contributed by atoms with Crippen molar-refractivity contribution in [3.05, 3.63) is 34.9 Å². The topological polar surface area (TPSA) is 17.1 Å². The van der Waals surface area contributed by atoms with Crippen LogP contribution in [0.25, 0.3) is 0 Å². The highest BCUT2D eigenvalue weighted by Crippen LogP contribution is 2.27. The van der Waals surface area contributed by atoms with Gasteiger partial charge in [0.25, 0.3) is 0 Å². The number of hydrogen-bond donors (Lipinski definition) is 0. The predicted molar refractivity (Wildman–Crippen MR) is 59.5 cm³/mol. The van der Waals surface area contributed by atoms with Gasteiger partial charge >= 0.3 is 0 Å². The van der Waals surface area contributed by atoms with E-state index in [0.29, 0.717) is 6.42 Å². The van der Waals surface area contributed by atoms with Gasteiger partial charge in [-0.05, 0) is 25.0 Å². The molecule has 0 saturated carbocycles. The van der Waals surface area contributed by atoms with Crippen LogP contribution in [0.15, 0.2) is 12.1 Å². The van der Waals surface area contributed by atoms with E-state index in [2.05, 4.69) is 0 Å². The van der Waals surface area contributed by atoms with Gasteiger partial charge in [0.1, 0.15) is 11.6 Å². The smallest absolute Gasteiger partial charge is 0.171 e. The van der Waals surface area contributed by atoms with Crippen LogP contribution in [-0.2, 0) is 0 Å². The fourth-order valence-electron chi connectivity index (χ4n) is 1.36. The molecule has 0 aliphatic rings. The molecule has 16 heavy (non-hydrogen) atoms. The summed E-state index contributed by atoms with van der Waals surface area (Å²) in [6.45, 7) is 6.90. The molecule has 0 amide bonds. The lowest BCUT2D eigenvalue weighted by atomic mass is 9.81. The second kappa shape index (κ2) is 4.32. The lowest BCUT2D eigenvalue weighted by molar-refractivity contribution is 0.0828. The molecule has 88 valence electrons. The number of Topliss-reactive ketones (excluding diaryl/α,β-unsaturated/α-hetero) is 1. The van der Waals surface area contributed by atoms with Gasteiger partial charge in [-0.2, -0.15) is 0 Å². The Hall–Kier alpha value is -1.25. The molecule has 0 unspecified atom stereocenters. The summed E-state index contributed by atoms with van der Waals surface area (Å²) in [7, 11) is 0. The minimum Gasteiger partial charge on any atom is -0.293 e. The molecule has 0 fully saturated rings. The largest absolute Gasteiger partial charge is 0.293 e. The van der Waals surface area contributed by atoms with Crippen molar-refractivity contribution in [1.82, 2.24) is 0 Å². The molecule has 1 aromatic carbocycles. The normalized spacial score (nSPS) is 11.6. The minimum atomic E-state index is -0.783. The Balaban J connectivity index is 3.25. The van der Waals surface area contributed by atoms with Crippen LogP contribution in [0.4, 0.5) is 8.78 Å². The van der Waals surface area contributed by atoms with E-state index in [1.165, 1.54) is 13.0 Å². The van der Waals surface area contributed by atoms with Crippen molar-refractivity contribution < 1.29 is 13.6 Å². The molecule has 0 bridgehead atoms. The Morgan fingerprint density at radius 3 is 2.31 bits per heavy atom. The summed E-state index contributed by atoms with van der Waals surface area (Å²) in [4.78, 5) is 12.0. The highest BCUT2D eigenvalue weighted by atomic mass is 19.1. The first-order valence-corrected chi connectivity index (χ1v) is 5.30. The van der Waals surface area contributed by atoms with Gasteiger partial charge in [-0.3, -0.25) is 4.79 Å². The number of ketones is 1. The van der Waals surface area contributed by atoms with Crippen LogP contribution in [0.2, 0.25) is 0 Å². The number of carbonyl (C=O) groups is 1. The molecule has 0 aliphatic carbocycles. The average molecular weight is 226 g/mol. The second-order valence-corrected chi connectivity index (χ2v) is 4.65. The molecule has 0 atom stereocenters. The zero-order chi connectivity index (χ0) is 12.5. The number of hydrogen-bond acceptors (Lipinski definition) is 1. The zero-order valence-electron chi connectivity index (χ0n) is 10.0. The Kier molecular flexibility index (Phi) is 3.46. The van der Waals surface area contributed by atoms with Crippen molar-refractivity contribution in [2.24, 2.45) is 5.41 Å². The predicted octanol–water partition coefficient (Wildman–Crippen LogP) is 3.89. The Labute approximate surface area is 94.5 Å². The van der Waals surface area contributed by atoms with E-state index in [1.807, 2.05) is 6.92 Å². The highest BCUT2D eigenvalue weighted by molar-refractivity contribution is 6.00. The number of halogens is 2. The van der Waals surface area contributed by atoms with Crippen molar-refractivity contribution in [3.8, 4) is 0 Å². The fourth-order valence-corrected chi connectivity index (χ4v) is 1.36. The molecule has 0 aromatic heterocycles. The van der Waals surface area contributed by atoms with Crippen molar-refractivity contribution >= 4 is 5.78 Å². The number of benzene rings is 1. The van der Waals surface area contributed by atoms with E-state index < -0.39 is 17.0 Å². The van der Waals surface area contributed by atoms with Crippen LogP contribution in [0.1, 0.15) is 43.1 Å². The van der Waals surface area contributed by atoms with Crippen LogP contribution < -0.4 is 0 Å². The van der Waals surface area contributed by atoms with Crippen LogP contribution in [0.5, 0.6) is 0 Å². The van der Waals surface area contributed by atoms with Crippen molar-refractivity contribution in [2.75, 3.05) is 0 Å². The van der Waals surface area contributed by atoms with Crippen molar-refractivity contribution in [2.45, 2.75) is 34.1 Å². The fraction of sp³-hybridized carbons (Fsp3) is 0.462. The molecule has 0 spiro atoms. The summed E-state index contributed by atoms with van der Waals surface area (Å²) in [6, 6.07) is 2.05. The Morgan fingerprint density at radius 1 is 1.25 bits per heavy atom. The first kappa shape index (κ1) is 12.8. The molecular weight excluding hydrogens is 210 g/mol. The van der Waals surface area contributed by atoms with Crippen LogP contribution >= 0.6 is 0 Å². The van der Waals surface area contributed by atoms with Gasteiger partial charge in [-0.25, -0.2) is 8.78 Å². The van der Waals surface area contributed by atoms with E-state index in [4.69, 9.17) is 0 Å². The van der Waals surface area contributed by atoms with Gasteiger partial charge < -0.3 is 0 Å². The molecular formula is C13H16F2O. The van der Waals surface area contributed by atoms with E-state index >= 15 is 0 Å². The van der Waals surface area contributed by atoms with Gasteiger partial charge in [0, 0.05) is 11.5 Å². The third kappa shape index (κ3) is 2.29. The number of aryl methyl sites for hydroxylation is 1. The minimum absolute atomic E-state index is 0.0225. The highest BCUT2D eigenvalue weighted by Gasteiger charge is 2.29. The molecule has 1 rings (SSSR count). The average Bonchev–Trinajstić information content (AvgIpc) is 2.22. The quantitative estimate of drug-likeness (QED) is 0.714. The molecule has 1 aromatic rings. The third-order valence-corrected chi connectivity index (χ3v) is 2.99. The molecule has 0 heterocycles. The first-order chi connectivity index (χ1) is 7.29. The second-order valence-electron chi connectivity index (χ2n) is 4.65. The van der Waals surface area contributed by atoms with Gasteiger partial charge in [0.15, 0.2) is 5.78 Å². The van der Waals surface area contributed by atoms with Crippen LogP contribution in [0.3, 0.4) is 0 Å². The maximum absolute atomic E-state index is 13.5. The third-order valence-electron chi connectivity index (χ3n) is 2.99. The van der Waals surface area contributed by atoms with Crippen molar-refractivity contribution in [3.63, 3.8) is 0 Å². The summed E-state index contributed by atoms with van der Waals surface area (Å²) < 4.78 is 26.5. The summed E-state index contributed by atoms with van der Waals surface area (Å²) in [5.74, 6) is -1.69. The number of rotatable bonds is 3. The molecule has 1 nitrogen and oxygen atoms in total. The standard InChI is InChI=1S/C13H16F2O/c1-5-13(3,4)12(16)9-6-8(2)10(14)7-11(9)15/h6-7H,5H2,1-4H3. The maximum Gasteiger partial charge on any atom is 0.171 e. The molecule has 0 aliphatic heterocycles.